The topological polar surface area (TPSA) is 103 Å². The maximum atomic E-state index is 12.8. The number of nitrogens with zero attached hydrogens (tertiary/aromatic N) is 2. The second-order valence-corrected chi connectivity index (χ2v) is 7.06. The van der Waals surface area contributed by atoms with E-state index < -0.39 is 18.2 Å². The lowest BCUT2D eigenvalue weighted by atomic mass is 9.93. The molecule has 29 heavy (non-hydrogen) atoms. The van der Waals surface area contributed by atoms with E-state index in [0.29, 0.717) is 6.42 Å². The molecule has 2 N–H and O–H groups in total. The first-order valence-electron chi connectivity index (χ1n) is 9.92. The van der Waals surface area contributed by atoms with Crippen molar-refractivity contribution in [3.05, 3.63) is 58.6 Å². The minimum Gasteiger partial charge on any atom is -0.391 e. The van der Waals surface area contributed by atoms with Gasteiger partial charge < -0.3 is 19.9 Å². The normalized spacial score (nSPS) is 19.8. The molecule has 8 nitrogen and oxygen atoms in total. The molecule has 0 spiro atoms. The molecule has 1 saturated heterocycles. The van der Waals surface area contributed by atoms with Crippen LogP contribution in [0.2, 0.25) is 0 Å². The largest absolute Gasteiger partial charge is 0.391 e. The summed E-state index contributed by atoms with van der Waals surface area (Å²) in [6.45, 7) is 1.96. The second kappa shape index (κ2) is 10.3. The monoisotopic (exact) mass is 401 g/mol. The van der Waals surface area contributed by atoms with Gasteiger partial charge in [0, 0.05) is 12.1 Å². The fraction of sp³-hybridized carbons (Fsp3) is 0.476. The third-order valence-electron chi connectivity index (χ3n) is 4.88. The summed E-state index contributed by atoms with van der Waals surface area (Å²) in [5.41, 5.74) is 0.548. The molecule has 8 heteroatoms. The number of amides is 1. The minimum atomic E-state index is -0.747. The van der Waals surface area contributed by atoms with Gasteiger partial charge in [-0.3, -0.25) is 9.36 Å². The molecule has 156 valence electrons. The third-order valence-corrected chi connectivity index (χ3v) is 4.88. The van der Waals surface area contributed by atoms with Gasteiger partial charge in [0.2, 0.25) is 5.91 Å². The van der Waals surface area contributed by atoms with Gasteiger partial charge >= 0.3 is 5.69 Å². The Morgan fingerprint density at radius 2 is 2.14 bits per heavy atom. The lowest BCUT2D eigenvalue weighted by Gasteiger charge is -2.17. The Bertz CT molecular complexity index is 855. The minimum absolute atomic E-state index is 0.146. The van der Waals surface area contributed by atoms with Crippen molar-refractivity contribution in [3.63, 3.8) is 0 Å². The summed E-state index contributed by atoms with van der Waals surface area (Å²) in [6.07, 6.45) is 3.48. The number of nitrogens with one attached hydrogen (secondary N) is 1. The van der Waals surface area contributed by atoms with Crippen LogP contribution in [0.5, 0.6) is 0 Å². The second-order valence-electron chi connectivity index (χ2n) is 7.06. The number of hydrogen-bond donors (Lipinski definition) is 2. The van der Waals surface area contributed by atoms with Crippen LogP contribution in [0.1, 0.15) is 38.0 Å². The number of unbranched alkanes of at least 4 members (excludes halogenated alkanes) is 1. The van der Waals surface area contributed by atoms with E-state index in [1.54, 1.807) is 6.07 Å². The summed E-state index contributed by atoms with van der Waals surface area (Å²) in [5.74, 6) is -0.130. The molecular weight excluding hydrogens is 374 g/mol. The van der Waals surface area contributed by atoms with E-state index in [1.165, 1.54) is 10.8 Å². The van der Waals surface area contributed by atoms with E-state index in [4.69, 9.17) is 14.6 Å². The number of aromatic nitrogens is 2. The smallest absolute Gasteiger partial charge is 0.351 e. The Morgan fingerprint density at radius 3 is 2.79 bits per heavy atom. The summed E-state index contributed by atoms with van der Waals surface area (Å²) >= 11 is 0. The van der Waals surface area contributed by atoms with E-state index in [1.807, 2.05) is 30.3 Å². The highest BCUT2D eigenvalue weighted by atomic mass is 16.7. The molecule has 3 unspecified atom stereocenters. The van der Waals surface area contributed by atoms with Gasteiger partial charge in [0.15, 0.2) is 12.5 Å². The van der Waals surface area contributed by atoms with Crippen LogP contribution in [-0.4, -0.2) is 40.1 Å². The van der Waals surface area contributed by atoms with Crippen molar-refractivity contribution in [2.24, 2.45) is 5.92 Å². The van der Waals surface area contributed by atoms with Crippen molar-refractivity contribution < 1.29 is 19.4 Å². The molecule has 1 aliphatic rings. The molecule has 2 heterocycles. The van der Waals surface area contributed by atoms with Gasteiger partial charge in [0.25, 0.3) is 0 Å². The van der Waals surface area contributed by atoms with Crippen LogP contribution in [-0.2, 0) is 20.7 Å². The third kappa shape index (κ3) is 5.72. The zero-order valence-electron chi connectivity index (χ0n) is 16.5. The molecular formula is C21H27N3O5. The quantitative estimate of drug-likeness (QED) is 0.667. The first kappa shape index (κ1) is 21.2. The Balaban J connectivity index is 1.67. The SMILES string of the molecule is CCCCC(Cc1ccccc1)C(=O)Nc1ccn(C2COC(CO)O2)c(=O)n1. The van der Waals surface area contributed by atoms with E-state index in [9.17, 15) is 9.59 Å². The van der Waals surface area contributed by atoms with E-state index in [-0.39, 0.29) is 30.9 Å². The molecule has 1 amide bonds. The number of aliphatic hydroxyl groups excluding tert-OH is 1. The molecule has 1 fully saturated rings. The van der Waals surface area contributed by atoms with Crippen molar-refractivity contribution in [3.8, 4) is 0 Å². The summed E-state index contributed by atoms with van der Waals surface area (Å²) in [7, 11) is 0. The maximum Gasteiger partial charge on any atom is 0.351 e. The Hall–Kier alpha value is -2.55. The number of carbonyl (C=O) groups is 1. The fourth-order valence-electron chi connectivity index (χ4n) is 3.29. The molecule has 3 rings (SSSR count). The molecule has 1 aromatic carbocycles. The fourth-order valence-corrected chi connectivity index (χ4v) is 3.29. The summed E-state index contributed by atoms with van der Waals surface area (Å²) < 4.78 is 11.9. The predicted molar refractivity (Wildman–Crippen MR) is 107 cm³/mol. The number of rotatable bonds is 9. The Kier molecular flexibility index (Phi) is 7.51. The van der Waals surface area contributed by atoms with Crippen LogP contribution < -0.4 is 11.0 Å². The van der Waals surface area contributed by atoms with Gasteiger partial charge in [-0.05, 0) is 24.5 Å². The molecule has 3 atom stereocenters. The molecule has 0 radical (unpaired) electrons. The van der Waals surface area contributed by atoms with Crippen molar-refractivity contribution in [2.75, 3.05) is 18.5 Å². The number of anilines is 1. The van der Waals surface area contributed by atoms with Gasteiger partial charge in [-0.15, -0.1) is 0 Å². The first-order chi connectivity index (χ1) is 14.1. The number of benzene rings is 1. The van der Waals surface area contributed by atoms with Gasteiger partial charge in [0.05, 0.1) is 13.2 Å². The Labute approximate surface area is 169 Å². The lowest BCUT2D eigenvalue weighted by molar-refractivity contribution is -0.120. The van der Waals surface area contributed by atoms with Crippen LogP contribution in [0.3, 0.4) is 0 Å². The summed E-state index contributed by atoms with van der Waals surface area (Å²) in [5, 5.41) is 11.8. The molecule has 0 saturated carbocycles. The van der Waals surface area contributed by atoms with Crippen LogP contribution in [0.25, 0.3) is 0 Å². The predicted octanol–water partition coefficient (Wildman–Crippen LogP) is 2.09. The van der Waals surface area contributed by atoms with Crippen LogP contribution in [0, 0.1) is 5.92 Å². The van der Waals surface area contributed by atoms with E-state index in [2.05, 4.69) is 17.2 Å². The van der Waals surface area contributed by atoms with Crippen molar-refractivity contribution >= 4 is 11.7 Å². The highest BCUT2D eigenvalue weighted by Crippen LogP contribution is 2.20. The number of carbonyl (C=O) groups excluding carboxylic acids is 1. The number of hydrogen-bond acceptors (Lipinski definition) is 6. The van der Waals surface area contributed by atoms with Crippen molar-refractivity contribution in [1.82, 2.24) is 9.55 Å². The highest BCUT2D eigenvalue weighted by molar-refractivity contribution is 5.91. The molecule has 2 aromatic rings. The Morgan fingerprint density at radius 1 is 1.34 bits per heavy atom. The zero-order valence-corrected chi connectivity index (χ0v) is 16.5. The van der Waals surface area contributed by atoms with Crippen molar-refractivity contribution in [2.45, 2.75) is 45.1 Å². The van der Waals surface area contributed by atoms with Gasteiger partial charge in [-0.1, -0.05) is 50.1 Å². The van der Waals surface area contributed by atoms with E-state index >= 15 is 0 Å². The average Bonchev–Trinajstić information content (AvgIpc) is 3.21. The van der Waals surface area contributed by atoms with Crippen molar-refractivity contribution in [1.29, 1.82) is 0 Å². The lowest BCUT2D eigenvalue weighted by Crippen LogP contribution is -2.31. The number of aliphatic hydroxyl groups is 1. The van der Waals surface area contributed by atoms with Crippen LogP contribution in [0.15, 0.2) is 47.4 Å². The van der Waals surface area contributed by atoms with Gasteiger partial charge in [-0.25, -0.2) is 4.79 Å². The molecule has 0 aliphatic carbocycles. The van der Waals surface area contributed by atoms with Crippen LogP contribution >= 0.6 is 0 Å². The average molecular weight is 401 g/mol. The molecule has 1 aliphatic heterocycles. The number of ether oxygens (including phenoxy) is 2. The van der Waals surface area contributed by atoms with Gasteiger partial charge in [0.1, 0.15) is 5.82 Å². The van der Waals surface area contributed by atoms with Gasteiger partial charge in [-0.2, -0.15) is 4.98 Å². The first-order valence-corrected chi connectivity index (χ1v) is 9.92. The molecule has 0 bridgehead atoms. The van der Waals surface area contributed by atoms with Crippen LogP contribution in [0.4, 0.5) is 5.82 Å². The summed E-state index contributed by atoms with van der Waals surface area (Å²) in [6, 6.07) is 11.5. The molecule has 1 aromatic heterocycles. The highest BCUT2D eigenvalue weighted by Gasteiger charge is 2.27. The summed E-state index contributed by atoms with van der Waals surface area (Å²) in [4.78, 5) is 29.1. The van der Waals surface area contributed by atoms with E-state index in [0.717, 1.165) is 24.8 Å². The standard InChI is InChI=1S/C21H27N3O5/c1-2-3-9-16(12-15-7-5-4-6-8-15)20(26)22-17-10-11-24(21(27)23-17)18-14-28-19(13-25)29-18/h4-8,10-11,16,18-19,25H,2-3,9,12-14H2,1H3,(H,22,23,26,27). The maximum absolute atomic E-state index is 12.8. The zero-order chi connectivity index (χ0) is 20.6.